The standard InChI is InChI=1S/C5H10N4/c6-8-3-5(9-7)4-1-2-4/h3-4H,1-2,6-7H2. The highest BCUT2D eigenvalue weighted by Crippen LogP contribution is 2.29. The van der Waals surface area contributed by atoms with Gasteiger partial charge in [-0.3, -0.25) is 0 Å². The molecule has 0 atom stereocenters. The van der Waals surface area contributed by atoms with Crippen LogP contribution < -0.4 is 11.7 Å². The van der Waals surface area contributed by atoms with Crippen LogP contribution in [0.3, 0.4) is 0 Å². The fraction of sp³-hybridized carbons (Fsp3) is 0.600. The van der Waals surface area contributed by atoms with E-state index in [4.69, 9.17) is 11.7 Å². The summed E-state index contributed by atoms with van der Waals surface area (Å²) in [5.41, 5.74) is 0.817. The molecule has 4 N–H and O–H groups in total. The van der Waals surface area contributed by atoms with Crippen LogP contribution in [0.1, 0.15) is 12.8 Å². The summed E-state index contributed by atoms with van der Waals surface area (Å²) in [4.78, 5) is 0. The second-order valence-corrected chi connectivity index (χ2v) is 2.11. The Balaban J connectivity index is 2.48. The first-order chi connectivity index (χ1) is 4.38. The molecule has 0 aromatic rings. The van der Waals surface area contributed by atoms with E-state index in [0.29, 0.717) is 5.92 Å². The lowest BCUT2D eigenvalue weighted by molar-refractivity contribution is 1.14. The first-order valence-electron chi connectivity index (χ1n) is 2.89. The maximum absolute atomic E-state index is 5.04. The van der Waals surface area contributed by atoms with Gasteiger partial charge in [0.2, 0.25) is 0 Å². The Bertz CT molecular complexity index is 145. The van der Waals surface area contributed by atoms with E-state index < -0.39 is 0 Å². The highest BCUT2D eigenvalue weighted by atomic mass is 15.2. The summed E-state index contributed by atoms with van der Waals surface area (Å²) in [6.07, 6.45) is 3.85. The van der Waals surface area contributed by atoms with Gasteiger partial charge in [-0.2, -0.15) is 10.2 Å². The lowest BCUT2D eigenvalue weighted by Gasteiger charge is -1.89. The van der Waals surface area contributed by atoms with Crippen molar-refractivity contribution in [3.8, 4) is 0 Å². The Labute approximate surface area is 53.6 Å². The van der Waals surface area contributed by atoms with E-state index in [2.05, 4.69) is 10.2 Å². The summed E-state index contributed by atoms with van der Waals surface area (Å²) in [5, 5.41) is 6.86. The summed E-state index contributed by atoms with van der Waals surface area (Å²) < 4.78 is 0. The van der Waals surface area contributed by atoms with Crippen molar-refractivity contribution in [1.29, 1.82) is 0 Å². The molecule has 50 valence electrons. The van der Waals surface area contributed by atoms with E-state index in [0.717, 1.165) is 5.71 Å². The molecule has 0 bridgehead atoms. The Morgan fingerprint density at radius 2 is 2.11 bits per heavy atom. The molecule has 0 aromatic heterocycles. The minimum atomic E-state index is 0.530. The molecule has 0 aliphatic heterocycles. The lowest BCUT2D eigenvalue weighted by Crippen LogP contribution is -2.07. The second-order valence-electron chi connectivity index (χ2n) is 2.11. The van der Waals surface area contributed by atoms with Gasteiger partial charge in [-0.25, -0.2) is 0 Å². The zero-order chi connectivity index (χ0) is 6.69. The van der Waals surface area contributed by atoms with Crippen molar-refractivity contribution < 1.29 is 0 Å². The molecule has 4 nitrogen and oxygen atoms in total. The average molecular weight is 126 g/mol. The Hall–Kier alpha value is -1.06. The lowest BCUT2D eigenvalue weighted by atomic mass is 10.3. The molecule has 0 aromatic carbocycles. The van der Waals surface area contributed by atoms with Crippen molar-refractivity contribution in [3.63, 3.8) is 0 Å². The largest absolute Gasteiger partial charge is 0.323 e. The molecular weight excluding hydrogens is 116 g/mol. The summed E-state index contributed by atoms with van der Waals surface area (Å²) in [6, 6.07) is 0. The Kier molecular flexibility index (Phi) is 1.67. The van der Waals surface area contributed by atoms with Crippen LogP contribution in [0.25, 0.3) is 0 Å². The van der Waals surface area contributed by atoms with E-state index in [1.165, 1.54) is 19.1 Å². The highest BCUT2D eigenvalue weighted by molar-refractivity contribution is 6.32. The zero-order valence-electron chi connectivity index (χ0n) is 5.12. The maximum Gasteiger partial charge on any atom is 0.0831 e. The molecule has 0 spiro atoms. The van der Waals surface area contributed by atoms with E-state index in [9.17, 15) is 0 Å². The molecule has 1 aliphatic carbocycles. The third-order valence-corrected chi connectivity index (χ3v) is 1.35. The zero-order valence-corrected chi connectivity index (χ0v) is 5.12. The van der Waals surface area contributed by atoms with Crippen LogP contribution in [-0.4, -0.2) is 11.9 Å². The number of rotatable bonds is 2. The summed E-state index contributed by atoms with van der Waals surface area (Å²) in [6.45, 7) is 0. The predicted molar refractivity (Wildman–Crippen MR) is 37.0 cm³/mol. The quantitative estimate of drug-likeness (QED) is 0.301. The van der Waals surface area contributed by atoms with Gasteiger partial charge in [-0.1, -0.05) is 0 Å². The molecule has 0 amide bonds. The minimum absolute atomic E-state index is 0.530. The normalized spacial score (nSPS) is 21.1. The predicted octanol–water partition coefficient (Wildman–Crippen LogP) is -0.344. The monoisotopic (exact) mass is 126 g/mol. The van der Waals surface area contributed by atoms with Crippen molar-refractivity contribution in [3.05, 3.63) is 0 Å². The van der Waals surface area contributed by atoms with Crippen LogP contribution in [0.15, 0.2) is 10.2 Å². The molecule has 1 fully saturated rings. The minimum Gasteiger partial charge on any atom is -0.323 e. The van der Waals surface area contributed by atoms with E-state index in [1.54, 1.807) is 0 Å². The van der Waals surface area contributed by atoms with Crippen molar-refractivity contribution in [1.82, 2.24) is 0 Å². The van der Waals surface area contributed by atoms with Crippen molar-refractivity contribution in [2.45, 2.75) is 12.8 Å². The maximum atomic E-state index is 5.04. The van der Waals surface area contributed by atoms with Crippen LogP contribution in [0.4, 0.5) is 0 Å². The third kappa shape index (κ3) is 1.42. The van der Waals surface area contributed by atoms with Crippen LogP contribution >= 0.6 is 0 Å². The topological polar surface area (TPSA) is 76.8 Å². The Morgan fingerprint density at radius 1 is 1.44 bits per heavy atom. The van der Waals surface area contributed by atoms with Gasteiger partial charge in [0.15, 0.2) is 0 Å². The van der Waals surface area contributed by atoms with Crippen LogP contribution in [-0.2, 0) is 0 Å². The van der Waals surface area contributed by atoms with Gasteiger partial charge in [-0.05, 0) is 12.8 Å². The molecule has 0 unspecified atom stereocenters. The van der Waals surface area contributed by atoms with Crippen LogP contribution in [0.2, 0.25) is 0 Å². The van der Waals surface area contributed by atoms with Gasteiger partial charge in [0.1, 0.15) is 0 Å². The molecule has 1 rings (SSSR count). The SMILES string of the molecule is NN=CC(=NN)C1CC1. The van der Waals surface area contributed by atoms with E-state index in [1.807, 2.05) is 0 Å². The number of hydrazone groups is 2. The van der Waals surface area contributed by atoms with Crippen molar-refractivity contribution >= 4 is 11.9 Å². The molecule has 0 saturated heterocycles. The average Bonchev–Trinajstić information content (AvgIpc) is 2.64. The highest BCUT2D eigenvalue weighted by Gasteiger charge is 2.26. The molecule has 0 radical (unpaired) electrons. The fourth-order valence-corrected chi connectivity index (χ4v) is 0.700. The van der Waals surface area contributed by atoms with Gasteiger partial charge < -0.3 is 11.7 Å². The fourth-order valence-electron chi connectivity index (χ4n) is 0.700. The van der Waals surface area contributed by atoms with Crippen molar-refractivity contribution in [2.75, 3.05) is 0 Å². The molecular formula is C5H10N4. The number of hydrogen-bond donors (Lipinski definition) is 2. The van der Waals surface area contributed by atoms with Gasteiger partial charge in [0.05, 0.1) is 11.9 Å². The van der Waals surface area contributed by atoms with Gasteiger partial charge in [-0.15, -0.1) is 0 Å². The van der Waals surface area contributed by atoms with Crippen LogP contribution in [0.5, 0.6) is 0 Å². The van der Waals surface area contributed by atoms with Gasteiger partial charge in [0, 0.05) is 5.92 Å². The molecule has 9 heavy (non-hydrogen) atoms. The number of hydrogen-bond acceptors (Lipinski definition) is 4. The summed E-state index contributed by atoms with van der Waals surface area (Å²) in [5.74, 6) is 10.5. The number of nitrogens with zero attached hydrogens (tertiary/aromatic N) is 2. The molecule has 4 heteroatoms. The van der Waals surface area contributed by atoms with E-state index in [-0.39, 0.29) is 0 Å². The van der Waals surface area contributed by atoms with E-state index >= 15 is 0 Å². The Morgan fingerprint density at radius 3 is 2.44 bits per heavy atom. The molecule has 1 saturated carbocycles. The summed E-state index contributed by atoms with van der Waals surface area (Å²) >= 11 is 0. The molecule has 1 aliphatic rings. The summed E-state index contributed by atoms with van der Waals surface area (Å²) in [7, 11) is 0. The first-order valence-corrected chi connectivity index (χ1v) is 2.89. The third-order valence-electron chi connectivity index (χ3n) is 1.35. The van der Waals surface area contributed by atoms with Gasteiger partial charge in [0.25, 0.3) is 0 Å². The number of nitrogens with two attached hydrogens (primary N) is 2. The van der Waals surface area contributed by atoms with Crippen molar-refractivity contribution in [2.24, 2.45) is 27.8 Å². The smallest absolute Gasteiger partial charge is 0.0831 e. The molecule has 0 heterocycles. The first kappa shape index (κ1) is 6.07. The van der Waals surface area contributed by atoms with Crippen LogP contribution in [0, 0.1) is 5.92 Å². The second kappa shape index (κ2) is 2.48. The van der Waals surface area contributed by atoms with Gasteiger partial charge >= 0.3 is 0 Å².